The topological polar surface area (TPSA) is 58.6 Å². The number of aliphatic hydroxyl groups is 1. The van der Waals surface area contributed by atoms with Crippen molar-refractivity contribution in [3.63, 3.8) is 0 Å². The zero-order valence-corrected chi connectivity index (χ0v) is 11.1. The van der Waals surface area contributed by atoms with Gasteiger partial charge in [-0.15, -0.1) is 0 Å². The lowest BCUT2D eigenvalue weighted by molar-refractivity contribution is 0.102. The zero-order chi connectivity index (χ0) is 14.2. The molecule has 0 aliphatic carbocycles. The van der Waals surface area contributed by atoms with Gasteiger partial charge in [0.25, 0.3) is 5.91 Å². The molecule has 0 aliphatic heterocycles. The lowest BCUT2D eigenvalue weighted by atomic mass is 10.2. The highest BCUT2D eigenvalue weighted by molar-refractivity contribution is 6.04. The first-order chi connectivity index (χ1) is 9.79. The van der Waals surface area contributed by atoms with Gasteiger partial charge in [0.1, 0.15) is 5.75 Å². The van der Waals surface area contributed by atoms with Gasteiger partial charge >= 0.3 is 0 Å². The van der Waals surface area contributed by atoms with Gasteiger partial charge in [-0.3, -0.25) is 4.79 Å². The lowest BCUT2D eigenvalue weighted by Gasteiger charge is -2.08. The van der Waals surface area contributed by atoms with Crippen LogP contribution in [0.25, 0.3) is 0 Å². The monoisotopic (exact) mass is 271 g/mol. The first-order valence-electron chi connectivity index (χ1n) is 6.50. The molecule has 0 bridgehead atoms. The molecule has 0 saturated heterocycles. The van der Waals surface area contributed by atoms with E-state index in [1.807, 2.05) is 30.3 Å². The van der Waals surface area contributed by atoms with Gasteiger partial charge in [-0.2, -0.15) is 0 Å². The lowest BCUT2D eigenvalue weighted by Crippen LogP contribution is -2.11. The smallest absolute Gasteiger partial charge is 0.255 e. The van der Waals surface area contributed by atoms with Crippen LogP contribution < -0.4 is 10.1 Å². The van der Waals surface area contributed by atoms with Crippen LogP contribution in [0.4, 0.5) is 5.69 Å². The summed E-state index contributed by atoms with van der Waals surface area (Å²) in [5.41, 5.74) is 1.29. The molecule has 4 heteroatoms. The van der Waals surface area contributed by atoms with Crippen LogP contribution in [0.3, 0.4) is 0 Å². The van der Waals surface area contributed by atoms with E-state index in [1.165, 1.54) is 0 Å². The maximum absolute atomic E-state index is 12.0. The Balaban J connectivity index is 1.99. The largest absolute Gasteiger partial charge is 0.493 e. The molecule has 0 atom stereocenters. The first-order valence-corrected chi connectivity index (χ1v) is 6.50. The molecule has 104 valence electrons. The molecule has 0 fully saturated rings. The molecule has 0 unspecified atom stereocenters. The molecule has 0 radical (unpaired) electrons. The fraction of sp³-hybridized carbons (Fsp3) is 0.188. The van der Waals surface area contributed by atoms with Crippen molar-refractivity contribution in [2.75, 3.05) is 18.5 Å². The molecule has 2 N–H and O–H groups in total. The van der Waals surface area contributed by atoms with Gasteiger partial charge in [-0.1, -0.05) is 24.3 Å². The van der Waals surface area contributed by atoms with Crippen molar-refractivity contribution in [1.29, 1.82) is 0 Å². The summed E-state index contributed by atoms with van der Waals surface area (Å²) in [4.78, 5) is 12.0. The number of rotatable bonds is 6. The predicted octanol–water partition coefficient (Wildman–Crippen LogP) is 2.70. The number of hydrogen-bond acceptors (Lipinski definition) is 3. The molecular weight excluding hydrogens is 254 g/mol. The second-order valence-corrected chi connectivity index (χ2v) is 4.27. The third-order valence-electron chi connectivity index (χ3n) is 2.70. The number of aliphatic hydroxyl groups excluding tert-OH is 1. The van der Waals surface area contributed by atoms with Crippen LogP contribution in [0.5, 0.6) is 5.75 Å². The van der Waals surface area contributed by atoms with Crippen LogP contribution in [0, 0.1) is 0 Å². The molecule has 2 rings (SSSR count). The van der Waals surface area contributed by atoms with Crippen LogP contribution in [0.2, 0.25) is 0 Å². The Morgan fingerprint density at radius 2 is 1.90 bits per heavy atom. The fourth-order valence-electron chi connectivity index (χ4n) is 1.71. The van der Waals surface area contributed by atoms with Crippen LogP contribution in [-0.2, 0) is 0 Å². The van der Waals surface area contributed by atoms with Gasteiger partial charge in [0.05, 0.1) is 6.61 Å². The van der Waals surface area contributed by atoms with Crippen molar-refractivity contribution in [3.8, 4) is 5.75 Å². The van der Waals surface area contributed by atoms with E-state index < -0.39 is 0 Å². The Morgan fingerprint density at radius 1 is 1.10 bits per heavy atom. The number of anilines is 1. The van der Waals surface area contributed by atoms with E-state index in [2.05, 4.69) is 5.32 Å². The van der Waals surface area contributed by atoms with Crippen molar-refractivity contribution in [1.82, 2.24) is 0 Å². The molecule has 0 heterocycles. The van der Waals surface area contributed by atoms with Crippen molar-refractivity contribution in [2.24, 2.45) is 0 Å². The third kappa shape index (κ3) is 4.10. The Kier molecular flexibility index (Phi) is 5.15. The Morgan fingerprint density at radius 3 is 2.65 bits per heavy atom. The summed E-state index contributed by atoms with van der Waals surface area (Å²) in [5.74, 6) is 0.516. The van der Waals surface area contributed by atoms with Gasteiger partial charge in [-0.05, 0) is 24.3 Å². The number of nitrogens with one attached hydrogen (secondary N) is 1. The molecule has 2 aromatic carbocycles. The summed E-state index contributed by atoms with van der Waals surface area (Å²) < 4.78 is 5.46. The summed E-state index contributed by atoms with van der Waals surface area (Å²) in [7, 11) is 0. The molecule has 1 amide bonds. The highest BCUT2D eigenvalue weighted by Crippen LogP contribution is 2.18. The standard InChI is InChI=1S/C16H17NO3/c18-10-5-11-20-15-9-4-8-14(12-15)17-16(19)13-6-2-1-3-7-13/h1-4,6-9,12,18H,5,10-11H2,(H,17,19). The number of benzene rings is 2. The minimum Gasteiger partial charge on any atom is -0.493 e. The molecule has 0 aliphatic rings. The highest BCUT2D eigenvalue weighted by atomic mass is 16.5. The number of carbonyl (C=O) groups excluding carboxylic acids is 1. The Bertz CT molecular complexity index is 555. The fourth-order valence-corrected chi connectivity index (χ4v) is 1.71. The molecule has 0 spiro atoms. The van der Waals surface area contributed by atoms with Crippen LogP contribution >= 0.6 is 0 Å². The Hall–Kier alpha value is -2.33. The van der Waals surface area contributed by atoms with Crippen molar-refractivity contribution in [2.45, 2.75) is 6.42 Å². The SMILES string of the molecule is O=C(Nc1cccc(OCCCO)c1)c1ccccc1. The van der Waals surface area contributed by atoms with Crippen molar-refractivity contribution >= 4 is 11.6 Å². The Labute approximate surface area is 118 Å². The average Bonchev–Trinajstić information content (AvgIpc) is 2.49. The minimum absolute atomic E-state index is 0.102. The number of hydrogen-bond donors (Lipinski definition) is 2. The molecule has 4 nitrogen and oxygen atoms in total. The normalized spacial score (nSPS) is 10.1. The second-order valence-electron chi connectivity index (χ2n) is 4.27. The van der Waals surface area contributed by atoms with Gasteiger partial charge in [0, 0.05) is 30.3 Å². The molecule has 0 saturated carbocycles. The number of carbonyl (C=O) groups is 1. The quantitative estimate of drug-likeness (QED) is 0.794. The van der Waals surface area contributed by atoms with E-state index in [-0.39, 0.29) is 12.5 Å². The van der Waals surface area contributed by atoms with Gasteiger partial charge < -0.3 is 15.2 Å². The first kappa shape index (κ1) is 14.1. The zero-order valence-electron chi connectivity index (χ0n) is 11.1. The minimum atomic E-state index is -0.155. The van der Waals surface area contributed by atoms with Gasteiger partial charge in [-0.25, -0.2) is 0 Å². The van der Waals surface area contributed by atoms with Gasteiger partial charge in [0.2, 0.25) is 0 Å². The summed E-state index contributed by atoms with van der Waals surface area (Å²) >= 11 is 0. The van der Waals surface area contributed by atoms with Crippen molar-refractivity contribution in [3.05, 3.63) is 60.2 Å². The third-order valence-corrected chi connectivity index (χ3v) is 2.70. The van der Waals surface area contributed by atoms with Crippen LogP contribution in [-0.4, -0.2) is 24.2 Å². The number of ether oxygens (including phenoxy) is 1. The molecule has 20 heavy (non-hydrogen) atoms. The number of amides is 1. The summed E-state index contributed by atoms with van der Waals surface area (Å²) in [6, 6.07) is 16.2. The van der Waals surface area contributed by atoms with Crippen LogP contribution in [0.15, 0.2) is 54.6 Å². The summed E-state index contributed by atoms with van der Waals surface area (Å²) in [6.45, 7) is 0.553. The summed E-state index contributed by atoms with van der Waals surface area (Å²) in [5, 5.41) is 11.5. The molecule has 2 aromatic rings. The predicted molar refractivity (Wildman–Crippen MR) is 78.0 cm³/mol. The second kappa shape index (κ2) is 7.31. The van der Waals surface area contributed by atoms with E-state index in [9.17, 15) is 4.79 Å². The average molecular weight is 271 g/mol. The van der Waals surface area contributed by atoms with Crippen LogP contribution in [0.1, 0.15) is 16.8 Å². The molecular formula is C16H17NO3. The maximum Gasteiger partial charge on any atom is 0.255 e. The maximum atomic E-state index is 12.0. The molecule has 0 aromatic heterocycles. The van der Waals surface area contributed by atoms with Crippen molar-refractivity contribution < 1.29 is 14.6 Å². The highest BCUT2D eigenvalue weighted by Gasteiger charge is 2.05. The van der Waals surface area contributed by atoms with E-state index in [4.69, 9.17) is 9.84 Å². The van der Waals surface area contributed by atoms with E-state index in [0.717, 1.165) is 0 Å². The van der Waals surface area contributed by atoms with E-state index in [1.54, 1.807) is 24.3 Å². The van der Waals surface area contributed by atoms with E-state index >= 15 is 0 Å². The summed E-state index contributed by atoms with van der Waals surface area (Å²) in [6.07, 6.45) is 0.584. The van der Waals surface area contributed by atoms with Gasteiger partial charge in [0.15, 0.2) is 0 Å². The van der Waals surface area contributed by atoms with E-state index in [0.29, 0.717) is 30.0 Å².